The third kappa shape index (κ3) is 4.38. The van der Waals surface area contributed by atoms with Gasteiger partial charge in [0.15, 0.2) is 0 Å². The number of nitrogen functional groups attached to an aromatic ring is 1. The Labute approximate surface area is 192 Å². The average molecular weight is 452 g/mol. The molecular formula is C24H29N5O4. The Balaban J connectivity index is 1.46. The number of carbonyl (C=O) groups excluding carboxylic acids is 1. The van der Waals surface area contributed by atoms with E-state index in [1.54, 1.807) is 7.11 Å². The minimum absolute atomic E-state index is 0.0135. The van der Waals surface area contributed by atoms with Crippen LogP contribution in [0.25, 0.3) is 11.0 Å². The summed E-state index contributed by atoms with van der Waals surface area (Å²) in [6, 6.07) is 7.43. The maximum atomic E-state index is 13.0. The lowest BCUT2D eigenvalue weighted by molar-refractivity contribution is 0.0667. The number of fused-ring (bicyclic) bond motifs is 1. The van der Waals surface area contributed by atoms with E-state index < -0.39 is 5.91 Å². The Bertz CT molecular complexity index is 1160. The lowest BCUT2D eigenvalue weighted by Gasteiger charge is -2.15. The summed E-state index contributed by atoms with van der Waals surface area (Å²) < 4.78 is 16.9. The minimum Gasteiger partial charge on any atom is -0.474 e. The highest BCUT2D eigenvalue weighted by atomic mass is 16.5. The number of methoxy groups -OCH3 is 1. The molecule has 1 amide bonds. The van der Waals surface area contributed by atoms with Crippen molar-refractivity contribution in [1.29, 1.82) is 0 Å². The minimum atomic E-state index is -0.425. The highest BCUT2D eigenvalue weighted by Gasteiger charge is 2.44. The summed E-state index contributed by atoms with van der Waals surface area (Å²) in [4.78, 5) is 25.2. The van der Waals surface area contributed by atoms with Gasteiger partial charge in [-0.05, 0) is 48.8 Å². The average Bonchev–Trinajstić information content (AvgIpc) is 3.20. The second kappa shape index (κ2) is 8.64. The monoisotopic (exact) mass is 451 g/mol. The summed E-state index contributed by atoms with van der Waals surface area (Å²) in [5, 5.41) is 3.61. The molecule has 0 bridgehead atoms. The molecule has 0 unspecified atom stereocenters. The fourth-order valence-corrected chi connectivity index (χ4v) is 4.34. The number of rotatable bonds is 8. The van der Waals surface area contributed by atoms with Crippen molar-refractivity contribution in [3.05, 3.63) is 41.2 Å². The van der Waals surface area contributed by atoms with Crippen LogP contribution in [0.3, 0.4) is 0 Å². The van der Waals surface area contributed by atoms with E-state index in [0.29, 0.717) is 36.2 Å². The van der Waals surface area contributed by atoms with Crippen molar-refractivity contribution in [1.82, 2.24) is 15.0 Å². The molecule has 2 aliphatic rings. The summed E-state index contributed by atoms with van der Waals surface area (Å²) in [7, 11) is 1.64. The summed E-state index contributed by atoms with van der Waals surface area (Å²) in [6.45, 7) is 3.79. The zero-order valence-corrected chi connectivity index (χ0v) is 18.9. The molecule has 9 heteroatoms. The van der Waals surface area contributed by atoms with Crippen LogP contribution in [-0.2, 0) is 21.5 Å². The number of nitrogens with zero attached hydrogens (tertiary/aromatic N) is 2. The first-order chi connectivity index (χ1) is 16.0. The van der Waals surface area contributed by atoms with Crippen molar-refractivity contribution in [3.63, 3.8) is 0 Å². The molecule has 3 heterocycles. The molecule has 174 valence electrons. The topological polar surface area (TPSA) is 124 Å². The molecule has 1 aliphatic heterocycles. The number of ether oxygens (including phenoxy) is 3. The van der Waals surface area contributed by atoms with E-state index in [1.165, 1.54) is 0 Å². The van der Waals surface area contributed by atoms with Gasteiger partial charge in [0, 0.05) is 25.0 Å². The van der Waals surface area contributed by atoms with Gasteiger partial charge in [-0.25, -0.2) is 4.98 Å². The Morgan fingerprint density at radius 3 is 2.76 bits per heavy atom. The van der Waals surface area contributed by atoms with Crippen molar-refractivity contribution < 1.29 is 19.0 Å². The quantitative estimate of drug-likeness (QED) is 0.478. The number of anilines is 2. The number of H-pyrrole nitrogens is 1. The second-order valence-corrected chi connectivity index (χ2v) is 9.08. The summed E-state index contributed by atoms with van der Waals surface area (Å²) >= 11 is 0. The molecule has 1 aliphatic carbocycles. The number of amides is 1. The Morgan fingerprint density at radius 1 is 1.30 bits per heavy atom. The van der Waals surface area contributed by atoms with Crippen LogP contribution in [0.1, 0.15) is 54.4 Å². The van der Waals surface area contributed by atoms with Crippen LogP contribution in [0.5, 0.6) is 5.88 Å². The van der Waals surface area contributed by atoms with Crippen LogP contribution in [0.2, 0.25) is 0 Å². The lowest BCUT2D eigenvalue weighted by atomic mass is 9.98. The molecule has 1 saturated carbocycles. The summed E-state index contributed by atoms with van der Waals surface area (Å²) in [5.74, 6) is 0.505. The smallest absolute Gasteiger partial charge is 0.293 e. The third-order valence-electron chi connectivity index (χ3n) is 6.41. The van der Waals surface area contributed by atoms with Gasteiger partial charge < -0.3 is 30.2 Å². The zero-order chi connectivity index (χ0) is 23.0. The lowest BCUT2D eigenvalue weighted by Crippen LogP contribution is -2.20. The van der Waals surface area contributed by atoms with Gasteiger partial charge >= 0.3 is 0 Å². The third-order valence-corrected chi connectivity index (χ3v) is 6.41. The first-order valence-corrected chi connectivity index (χ1v) is 11.3. The molecule has 0 radical (unpaired) electrons. The van der Waals surface area contributed by atoms with Crippen LogP contribution >= 0.6 is 0 Å². The predicted molar refractivity (Wildman–Crippen MR) is 124 cm³/mol. The van der Waals surface area contributed by atoms with E-state index in [2.05, 4.69) is 27.2 Å². The molecule has 1 saturated heterocycles. The van der Waals surface area contributed by atoms with Gasteiger partial charge in [0.05, 0.1) is 18.1 Å². The van der Waals surface area contributed by atoms with Crippen LogP contribution in [0.4, 0.5) is 11.5 Å². The van der Waals surface area contributed by atoms with Gasteiger partial charge in [-0.2, -0.15) is 4.98 Å². The fourth-order valence-electron chi connectivity index (χ4n) is 4.34. The Morgan fingerprint density at radius 2 is 2.09 bits per heavy atom. The second-order valence-electron chi connectivity index (χ2n) is 9.08. The normalized spacial score (nSPS) is 19.0. The van der Waals surface area contributed by atoms with E-state index in [4.69, 9.17) is 19.9 Å². The van der Waals surface area contributed by atoms with E-state index >= 15 is 0 Å². The highest BCUT2D eigenvalue weighted by molar-refractivity contribution is 6.03. The van der Waals surface area contributed by atoms with Gasteiger partial charge in [-0.3, -0.25) is 4.79 Å². The molecule has 0 spiro atoms. The van der Waals surface area contributed by atoms with Crippen molar-refractivity contribution in [3.8, 4) is 5.88 Å². The molecular weight excluding hydrogens is 422 g/mol. The molecule has 2 fully saturated rings. The number of aromatic nitrogens is 3. The van der Waals surface area contributed by atoms with Gasteiger partial charge in [0.1, 0.15) is 18.1 Å². The number of hydrogen-bond acceptors (Lipinski definition) is 7. The van der Waals surface area contributed by atoms with Crippen molar-refractivity contribution in [2.24, 2.45) is 0 Å². The molecule has 3 aromatic rings. The standard InChI is InChI=1S/C24H29N5O4/c1-24(9-10-24)18-17-20(27-19(18)25)28-21(29-23(17)33-13-16-4-3-11-32-16)22(30)26-15-7-5-14(6-8-15)12-31-2/h5-8,16H,3-4,9-13,25H2,1-2H3,(H,26,30)(H,27,28,29)/t16-/m1/s1. The number of nitrogens with one attached hydrogen (secondary N) is 2. The SMILES string of the molecule is COCc1ccc(NC(=O)c2nc(OC[C@H]3CCCO3)c3c(C4(C)CC4)c(N)[nH]c3n2)cc1. The number of hydrogen-bond donors (Lipinski definition) is 3. The Hall–Kier alpha value is -3.17. The molecule has 33 heavy (non-hydrogen) atoms. The van der Waals surface area contributed by atoms with Gasteiger partial charge in [0.25, 0.3) is 5.91 Å². The molecule has 9 nitrogen and oxygen atoms in total. The fraction of sp³-hybridized carbons (Fsp3) is 0.458. The van der Waals surface area contributed by atoms with Crippen LogP contribution < -0.4 is 15.8 Å². The van der Waals surface area contributed by atoms with Crippen molar-refractivity contribution >= 4 is 28.4 Å². The van der Waals surface area contributed by atoms with Gasteiger partial charge in [0.2, 0.25) is 11.7 Å². The van der Waals surface area contributed by atoms with Gasteiger partial charge in [-0.1, -0.05) is 19.1 Å². The van der Waals surface area contributed by atoms with Crippen LogP contribution in [0, 0.1) is 0 Å². The molecule has 1 atom stereocenters. The molecule has 5 rings (SSSR count). The molecule has 1 aromatic carbocycles. The van der Waals surface area contributed by atoms with Crippen LogP contribution in [-0.4, -0.2) is 47.3 Å². The zero-order valence-electron chi connectivity index (χ0n) is 18.9. The number of aromatic amines is 1. The number of nitrogens with two attached hydrogens (primary N) is 1. The summed E-state index contributed by atoms with van der Waals surface area (Å²) in [5.41, 5.74) is 9.45. The summed E-state index contributed by atoms with van der Waals surface area (Å²) in [6.07, 6.45) is 4.06. The maximum absolute atomic E-state index is 13.0. The van der Waals surface area contributed by atoms with Crippen molar-refractivity contribution in [2.45, 2.75) is 50.7 Å². The van der Waals surface area contributed by atoms with E-state index in [1.807, 2.05) is 24.3 Å². The first-order valence-electron chi connectivity index (χ1n) is 11.3. The molecule has 2 aromatic heterocycles. The number of carbonyl (C=O) groups is 1. The Kier molecular flexibility index (Phi) is 5.67. The van der Waals surface area contributed by atoms with E-state index in [9.17, 15) is 4.79 Å². The first kappa shape index (κ1) is 21.7. The maximum Gasteiger partial charge on any atom is 0.293 e. The van der Waals surface area contributed by atoms with Crippen LogP contribution in [0.15, 0.2) is 24.3 Å². The molecule has 4 N–H and O–H groups in total. The largest absolute Gasteiger partial charge is 0.474 e. The highest BCUT2D eigenvalue weighted by Crippen LogP contribution is 2.53. The van der Waals surface area contributed by atoms with E-state index in [0.717, 1.165) is 48.8 Å². The van der Waals surface area contributed by atoms with Gasteiger partial charge in [-0.15, -0.1) is 0 Å². The van der Waals surface area contributed by atoms with Crippen molar-refractivity contribution in [2.75, 3.05) is 31.4 Å². The predicted octanol–water partition coefficient (Wildman–Crippen LogP) is 3.55. The number of benzene rings is 1. The van der Waals surface area contributed by atoms with E-state index in [-0.39, 0.29) is 17.3 Å².